The van der Waals surface area contributed by atoms with Crippen LogP contribution in [0.15, 0.2) is 18.3 Å². The number of hydrogen-bond donors (Lipinski definition) is 0. The fraction of sp³-hybridized carbons (Fsp3) is 0.417. The Hall–Kier alpha value is -1.89. The van der Waals surface area contributed by atoms with E-state index < -0.39 is 5.41 Å². The second-order valence-corrected chi connectivity index (χ2v) is 4.63. The third-order valence-corrected chi connectivity index (χ3v) is 2.17. The molecule has 0 aromatic carbocycles. The van der Waals surface area contributed by atoms with Crippen LogP contribution < -0.4 is 4.90 Å². The summed E-state index contributed by atoms with van der Waals surface area (Å²) in [5.74, 6) is 0.545. The maximum Gasteiger partial charge on any atom is 0.233 e. The molecule has 4 heteroatoms. The minimum Gasteiger partial charge on any atom is -0.300 e. The van der Waals surface area contributed by atoms with Gasteiger partial charge in [0.25, 0.3) is 0 Å². The van der Waals surface area contributed by atoms with Crippen molar-refractivity contribution in [3.63, 3.8) is 0 Å². The van der Waals surface area contributed by atoms with Crippen LogP contribution in [0.5, 0.6) is 0 Å². The van der Waals surface area contributed by atoms with Gasteiger partial charge in [0.05, 0.1) is 5.56 Å². The van der Waals surface area contributed by atoms with Gasteiger partial charge in [-0.1, -0.05) is 20.8 Å². The normalized spacial score (nSPS) is 10.7. The molecule has 1 aromatic rings. The lowest BCUT2D eigenvalue weighted by molar-refractivity contribution is -0.125. The molecular formula is C12H15N3O. The monoisotopic (exact) mass is 217 g/mol. The number of carbonyl (C=O) groups excluding carboxylic acids is 1. The van der Waals surface area contributed by atoms with Gasteiger partial charge in [-0.2, -0.15) is 5.26 Å². The summed E-state index contributed by atoms with van der Waals surface area (Å²) in [5, 5.41) is 8.63. The highest BCUT2D eigenvalue weighted by atomic mass is 16.2. The van der Waals surface area contributed by atoms with Gasteiger partial charge in [0, 0.05) is 18.7 Å². The van der Waals surface area contributed by atoms with E-state index in [0.29, 0.717) is 11.4 Å². The van der Waals surface area contributed by atoms with Crippen molar-refractivity contribution >= 4 is 11.7 Å². The predicted molar refractivity (Wildman–Crippen MR) is 61.8 cm³/mol. The quantitative estimate of drug-likeness (QED) is 0.722. The Kier molecular flexibility index (Phi) is 3.28. The molecule has 16 heavy (non-hydrogen) atoms. The Morgan fingerprint density at radius 3 is 2.44 bits per heavy atom. The van der Waals surface area contributed by atoms with E-state index in [2.05, 4.69) is 4.98 Å². The summed E-state index contributed by atoms with van der Waals surface area (Å²) >= 11 is 0. The zero-order valence-electron chi connectivity index (χ0n) is 9.98. The molecule has 0 aliphatic heterocycles. The molecule has 0 atom stereocenters. The van der Waals surface area contributed by atoms with Crippen molar-refractivity contribution in [3.05, 3.63) is 23.9 Å². The minimum atomic E-state index is -0.440. The molecule has 0 saturated carbocycles. The highest BCUT2D eigenvalue weighted by molar-refractivity contribution is 5.95. The van der Waals surface area contributed by atoms with Crippen molar-refractivity contribution in [1.82, 2.24) is 4.98 Å². The van der Waals surface area contributed by atoms with Crippen LogP contribution in [-0.2, 0) is 4.79 Å². The van der Waals surface area contributed by atoms with Crippen molar-refractivity contribution in [2.75, 3.05) is 11.9 Å². The number of pyridine rings is 1. The zero-order chi connectivity index (χ0) is 12.3. The molecule has 0 N–H and O–H groups in total. The first-order valence-electron chi connectivity index (χ1n) is 5.00. The van der Waals surface area contributed by atoms with E-state index in [4.69, 9.17) is 5.26 Å². The molecule has 1 rings (SSSR count). The molecule has 0 fully saturated rings. The SMILES string of the molecule is CN(C(=O)C(C)(C)C)c1ccc(C#N)cn1. The lowest BCUT2D eigenvalue weighted by atomic mass is 9.95. The Labute approximate surface area is 95.5 Å². The summed E-state index contributed by atoms with van der Waals surface area (Å²) in [5.41, 5.74) is 0.0463. The third-order valence-electron chi connectivity index (χ3n) is 2.17. The number of aromatic nitrogens is 1. The van der Waals surface area contributed by atoms with Crippen molar-refractivity contribution in [3.8, 4) is 6.07 Å². The van der Waals surface area contributed by atoms with Gasteiger partial charge in [-0.05, 0) is 12.1 Å². The molecule has 0 unspecified atom stereocenters. The molecule has 0 radical (unpaired) electrons. The number of anilines is 1. The number of carbonyl (C=O) groups is 1. The van der Waals surface area contributed by atoms with Gasteiger partial charge in [-0.3, -0.25) is 9.69 Å². The average molecular weight is 217 g/mol. The summed E-state index contributed by atoms with van der Waals surface area (Å²) in [7, 11) is 1.68. The number of rotatable bonds is 1. The van der Waals surface area contributed by atoms with E-state index in [1.54, 1.807) is 19.2 Å². The summed E-state index contributed by atoms with van der Waals surface area (Å²) in [4.78, 5) is 17.5. The molecule has 0 bridgehead atoms. The molecule has 4 nitrogen and oxygen atoms in total. The standard InChI is InChI=1S/C12H15N3O/c1-12(2,3)11(16)15(4)10-6-5-9(7-13)8-14-10/h5-6,8H,1-4H3. The van der Waals surface area contributed by atoms with Crippen LogP contribution in [0.2, 0.25) is 0 Å². The smallest absolute Gasteiger partial charge is 0.233 e. The number of amides is 1. The fourth-order valence-electron chi connectivity index (χ4n) is 1.26. The number of nitriles is 1. The van der Waals surface area contributed by atoms with Crippen molar-refractivity contribution in [1.29, 1.82) is 5.26 Å². The van der Waals surface area contributed by atoms with Gasteiger partial charge in [-0.15, -0.1) is 0 Å². The molecule has 0 aliphatic carbocycles. The number of hydrogen-bond acceptors (Lipinski definition) is 3. The van der Waals surface area contributed by atoms with Crippen LogP contribution >= 0.6 is 0 Å². The summed E-state index contributed by atoms with van der Waals surface area (Å²) in [6, 6.07) is 5.30. The predicted octanol–water partition coefficient (Wildman–Crippen LogP) is 1.96. The Morgan fingerprint density at radius 1 is 1.44 bits per heavy atom. The average Bonchev–Trinajstić information content (AvgIpc) is 2.26. The maximum absolute atomic E-state index is 11.9. The summed E-state index contributed by atoms with van der Waals surface area (Å²) < 4.78 is 0. The largest absolute Gasteiger partial charge is 0.300 e. The van der Waals surface area contributed by atoms with Gasteiger partial charge in [0.15, 0.2) is 0 Å². The summed E-state index contributed by atoms with van der Waals surface area (Å²) in [6.45, 7) is 5.57. The molecule has 1 heterocycles. The minimum absolute atomic E-state index is 0.00953. The number of nitrogens with zero attached hydrogens (tertiary/aromatic N) is 3. The van der Waals surface area contributed by atoms with Gasteiger partial charge in [0.1, 0.15) is 11.9 Å². The molecule has 0 aliphatic rings. The van der Waals surface area contributed by atoms with Crippen LogP contribution in [0.4, 0.5) is 5.82 Å². The van der Waals surface area contributed by atoms with E-state index in [1.165, 1.54) is 11.1 Å². The molecule has 0 spiro atoms. The lowest BCUT2D eigenvalue weighted by Crippen LogP contribution is -2.37. The maximum atomic E-state index is 11.9. The summed E-state index contributed by atoms with van der Waals surface area (Å²) in [6.07, 6.45) is 1.46. The van der Waals surface area contributed by atoms with Gasteiger partial charge in [-0.25, -0.2) is 4.98 Å². The van der Waals surface area contributed by atoms with E-state index >= 15 is 0 Å². The molecule has 1 aromatic heterocycles. The van der Waals surface area contributed by atoms with Crippen LogP contribution in [-0.4, -0.2) is 17.9 Å². The van der Waals surface area contributed by atoms with Crippen molar-refractivity contribution in [2.24, 2.45) is 5.41 Å². The first kappa shape index (κ1) is 12.2. The van der Waals surface area contributed by atoms with E-state index in [0.717, 1.165) is 0 Å². The topological polar surface area (TPSA) is 57.0 Å². The van der Waals surface area contributed by atoms with Crippen LogP contribution in [0.25, 0.3) is 0 Å². The third kappa shape index (κ3) is 2.57. The highest BCUT2D eigenvalue weighted by Crippen LogP contribution is 2.20. The molecule has 84 valence electrons. The van der Waals surface area contributed by atoms with Crippen LogP contribution in [0.3, 0.4) is 0 Å². The molecule has 0 saturated heterocycles. The van der Waals surface area contributed by atoms with Crippen molar-refractivity contribution < 1.29 is 4.79 Å². The molecule has 1 amide bonds. The van der Waals surface area contributed by atoms with E-state index in [-0.39, 0.29) is 5.91 Å². The zero-order valence-corrected chi connectivity index (χ0v) is 9.98. The lowest BCUT2D eigenvalue weighted by Gasteiger charge is -2.25. The van der Waals surface area contributed by atoms with Crippen LogP contribution in [0.1, 0.15) is 26.3 Å². The Balaban J connectivity index is 2.94. The molecular weight excluding hydrogens is 202 g/mol. The van der Waals surface area contributed by atoms with Gasteiger partial charge in [0.2, 0.25) is 5.91 Å². The van der Waals surface area contributed by atoms with Gasteiger partial charge >= 0.3 is 0 Å². The second kappa shape index (κ2) is 4.31. The van der Waals surface area contributed by atoms with Gasteiger partial charge < -0.3 is 0 Å². The highest BCUT2D eigenvalue weighted by Gasteiger charge is 2.26. The van der Waals surface area contributed by atoms with E-state index in [9.17, 15) is 4.79 Å². The van der Waals surface area contributed by atoms with Crippen LogP contribution in [0, 0.1) is 16.7 Å². The second-order valence-electron chi connectivity index (χ2n) is 4.63. The first-order chi connectivity index (χ1) is 7.36. The fourth-order valence-corrected chi connectivity index (χ4v) is 1.26. The van der Waals surface area contributed by atoms with Crippen molar-refractivity contribution in [2.45, 2.75) is 20.8 Å². The first-order valence-corrected chi connectivity index (χ1v) is 5.00. The Bertz CT molecular complexity index is 423. The van der Waals surface area contributed by atoms with E-state index in [1.807, 2.05) is 26.8 Å². The Morgan fingerprint density at radius 2 is 2.06 bits per heavy atom.